The van der Waals surface area contributed by atoms with E-state index in [9.17, 15) is 4.79 Å². The van der Waals surface area contributed by atoms with Crippen LogP contribution < -0.4 is 9.47 Å². The van der Waals surface area contributed by atoms with Crippen LogP contribution >= 0.6 is 0 Å². The zero-order valence-corrected chi connectivity index (χ0v) is 17.1. The van der Waals surface area contributed by atoms with Gasteiger partial charge in [-0.25, -0.2) is 4.98 Å². The number of benzene rings is 1. The van der Waals surface area contributed by atoms with Gasteiger partial charge in [-0.1, -0.05) is 0 Å². The number of carbonyl (C=O) groups is 1. The molecule has 1 atom stereocenters. The third-order valence-corrected chi connectivity index (χ3v) is 5.93. The van der Waals surface area contributed by atoms with Crippen molar-refractivity contribution >= 4 is 5.91 Å². The number of rotatable bonds is 5. The Labute approximate surface area is 171 Å². The van der Waals surface area contributed by atoms with Crippen LogP contribution in [0.4, 0.5) is 0 Å². The lowest BCUT2D eigenvalue weighted by Crippen LogP contribution is -2.46. The molecule has 0 N–H and O–H groups in total. The Morgan fingerprint density at radius 1 is 1.03 bits per heavy atom. The fraction of sp³-hybridized carbons (Fsp3) is 0.500. The van der Waals surface area contributed by atoms with E-state index in [1.807, 2.05) is 35.4 Å². The van der Waals surface area contributed by atoms with Gasteiger partial charge in [-0.3, -0.25) is 14.7 Å². The highest BCUT2D eigenvalue weighted by molar-refractivity contribution is 5.73. The number of aromatic nitrogens is 2. The molecule has 29 heavy (non-hydrogen) atoms. The van der Waals surface area contributed by atoms with Gasteiger partial charge in [-0.05, 0) is 56.5 Å². The Kier molecular flexibility index (Phi) is 5.94. The van der Waals surface area contributed by atoms with E-state index in [1.54, 1.807) is 20.2 Å². The third kappa shape index (κ3) is 4.50. The number of hydrogen-bond acceptors (Lipinski definition) is 6. The first kappa shape index (κ1) is 19.6. The molecule has 2 aliphatic heterocycles. The predicted molar refractivity (Wildman–Crippen MR) is 109 cm³/mol. The van der Waals surface area contributed by atoms with Gasteiger partial charge in [0.15, 0.2) is 0 Å². The van der Waals surface area contributed by atoms with E-state index < -0.39 is 0 Å². The lowest BCUT2D eigenvalue weighted by molar-refractivity contribution is -0.130. The Morgan fingerprint density at radius 3 is 2.45 bits per heavy atom. The van der Waals surface area contributed by atoms with Crippen LogP contribution in [-0.4, -0.2) is 58.5 Å². The Balaban J connectivity index is 1.44. The van der Waals surface area contributed by atoms with Crippen molar-refractivity contribution in [3.8, 4) is 17.4 Å². The van der Waals surface area contributed by atoms with Gasteiger partial charge in [0.05, 0.1) is 31.2 Å². The summed E-state index contributed by atoms with van der Waals surface area (Å²) >= 11 is 0. The van der Waals surface area contributed by atoms with Crippen LogP contribution in [0, 0.1) is 0 Å². The predicted octanol–water partition coefficient (Wildman–Crippen LogP) is 3.43. The molecule has 0 bridgehead atoms. The quantitative estimate of drug-likeness (QED) is 0.771. The van der Waals surface area contributed by atoms with E-state index in [4.69, 9.17) is 14.5 Å². The number of hydrogen-bond donors (Lipinski definition) is 0. The van der Waals surface area contributed by atoms with Crippen molar-refractivity contribution in [1.82, 2.24) is 19.8 Å². The smallest absolute Gasteiger partial charge is 0.238 e. The molecule has 2 saturated heterocycles. The van der Waals surface area contributed by atoms with Gasteiger partial charge in [0, 0.05) is 26.1 Å². The molecule has 3 heterocycles. The van der Waals surface area contributed by atoms with Crippen LogP contribution in [0.15, 0.2) is 36.7 Å². The first-order valence-electron chi connectivity index (χ1n) is 10.3. The molecule has 2 aliphatic rings. The maximum absolute atomic E-state index is 11.6. The van der Waals surface area contributed by atoms with Crippen LogP contribution in [0.5, 0.6) is 17.4 Å². The summed E-state index contributed by atoms with van der Waals surface area (Å²) in [5, 5.41) is 0. The molecule has 1 unspecified atom stereocenters. The molecular formula is C22H28N4O3. The monoisotopic (exact) mass is 396 g/mol. The van der Waals surface area contributed by atoms with E-state index in [0.29, 0.717) is 17.7 Å². The van der Waals surface area contributed by atoms with Crippen LogP contribution in [0.3, 0.4) is 0 Å². The summed E-state index contributed by atoms with van der Waals surface area (Å²) in [5.41, 5.74) is 0.961. The van der Waals surface area contributed by atoms with Gasteiger partial charge in [0.1, 0.15) is 11.5 Å². The molecule has 7 heteroatoms. The summed E-state index contributed by atoms with van der Waals surface area (Å²) in [7, 11) is 1.64. The number of methoxy groups -OCH3 is 1. The van der Waals surface area contributed by atoms with E-state index >= 15 is 0 Å². The number of likely N-dealkylation sites (tertiary alicyclic amines) is 2. The minimum atomic E-state index is 0.177. The molecule has 154 valence electrons. The summed E-state index contributed by atoms with van der Waals surface area (Å²) < 4.78 is 11.1. The molecule has 1 aromatic heterocycles. The standard InChI is InChI=1S/C22H28N4O3/c1-16(27)25-12-9-17(10-13-25)26-11-3-4-21(26)20-14-23-15-22(24-20)29-19-7-5-18(28-2)6-8-19/h5-8,14-15,17,21H,3-4,9-13H2,1-2H3. The zero-order valence-electron chi connectivity index (χ0n) is 17.1. The van der Waals surface area contributed by atoms with E-state index in [-0.39, 0.29) is 11.9 Å². The number of nitrogens with zero attached hydrogens (tertiary/aromatic N) is 4. The Bertz CT molecular complexity index is 834. The molecule has 0 aliphatic carbocycles. The fourth-order valence-electron chi connectivity index (χ4n) is 4.39. The van der Waals surface area contributed by atoms with Crippen molar-refractivity contribution in [2.75, 3.05) is 26.7 Å². The van der Waals surface area contributed by atoms with Crippen molar-refractivity contribution in [1.29, 1.82) is 0 Å². The first-order chi connectivity index (χ1) is 14.1. The maximum atomic E-state index is 11.6. The van der Waals surface area contributed by atoms with E-state index in [1.165, 1.54) is 0 Å². The maximum Gasteiger partial charge on any atom is 0.238 e. The summed E-state index contributed by atoms with van der Waals surface area (Å²) in [6.45, 7) is 4.41. The second-order valence-electron chi connectivity index (χ2n) is 7.69. The van der Waals surface area contributed by atoms with Gasteiger partial charge in [-0.2, -0.15) is 0 Å². The average Bonchev–Trinajstić information content (AvgIpc) is 3.24. The van der Waals surface area contributed by atoms with Gasteiger partial charge >= 0.3 is 0 Å². The number of carbonyl (C=O) groups excluding carboxylic acids is 1. The molecule has 7 nitrogen and oxygen atoms in total. The Morgan fingerprint density at radius 2 is 1.76 bits per heavy atom. The minimum Gasteiger partial charge on any atom is -0.497 e. The zero-order chi connectivity index (χ0) is 20.2. The van der Waals surface area contributed by atoms with Crippen molar-refractivity contribution < 1.29 is 14.3 Å². The molecule has 4 rings (SSSR count). The van der Waals surface area contributed by atoms with Gasteiger partial charge < -0.3 is 14.4 Å². The van der Waals surface area contributed by atoms with Crippen molar-refractivity contribution in [3.05, 3.63) is 42.4 Å². The van der Waals surface area contributed by atoms with Crippen LogP contribution in [0.25, 0.3) is 0 Å². The molecular weight excluding hydrogens is 368 g/mol. The lowest BCUT2D eigenvalue weighted by atomic mass is 10.0. The minimum absolute atomic E-state index is 0.177. The molecule has 2 aromatic rings. The topological polar surface area (TPSA) is 67.8 Å². The number of ether oxygens (including phenoxy) is 2. The second-order valence-corrected chi connectivity index (χ2v) is 7.69. The molecule has 2 fully saturated rings. The highest BCUT2D eigenvalue weighted by atomic mass is 16.5. The van der Waals surface area contributed by atoms with Crippen molar-refractivity contribution in [2.45, 2.75) is 44.7 Å². The largest absolute Gasteiger partial charge is 0.497 e. The summed E-state index contributed by atoms with van der Waals surface area (Å²) in [6.07, 6.45) is 7.78. The third-order valence-electron chi connectivity index (χ3n) is 5.93. The van der Waals surface area contributed by atoms with Crippen LogP contribution in [-0.2, 0) is 4.79 Å². The van der Waals surface area contributed by atoms with Crippen molar-refractivity contribution in [2.24, 2.45) is 0 Å². The molecule has 0 radical (unpaired) electrons. The summed E-state index contributed by atoms with van der Waals surface area (Å²) in [5.74, 6) is 2.17. The average molecular weight is 396 g/mol. The number of amides is 1. The van der Waals surface area contributed by atoms with Gasteiger partial charge in [0.2, 0.25) is 11.8 Å². The van der Waals surface area contributed by atoms with E-state index in [2.05, 4.69) is 9.88 Å². The molecule has 0 saturated carbocycles. The summed E-state index contributed by atoms with van der Waals surface area (Å²) in [4.78, 5) is 25.3. The van der Waals surface area contributed by atoms with Crippen LogP contribution in [0.2, 0.25) is 0 Å². The number of piperidine rings is 1. The highest BCUT2D eigenvalue weighted by Gasteiger charge is 2.35. The Hall–Kier alpha value is -2.67. The molecule has 1 amide bonds. The molecule has 0 spiro atoms. The first-order valence-corrected chi connectivity index (χ1v) is 10.3. The van der Waals surface area contributed by atoms with E-state index in [0.717, 1.165) is 56.8 Å². The van der Waals surface area contributed by atoms with Gasteiger partial charge in [-0.15, -0.1) is 0 Å². The second kappa shape index (κ2) is 8.78. The summed E-state index contributed by atoms with van der Waals surface area (Å²) in [6, 6.07) is 8.19. The van der Waals surface area contributed by atoms with Crippen LogP contribution in [0.1, 0.15) is 44.3 Å². The van der Waals surface area contributed by atoms with Crippen molar-refractivity contribution in [3.63, 3.8) is 0 Å². The SMILES string of the molecule is COc1ccc(Oc2cncc(C3CCCN3C3CCN(C(C)=O)CC3)n2)cc1. The molecule has 1 aromatic carbocycles. The lowest BCUT2D eigenvalue weighted by Gasteiger charge is -2.39. The normalized spacial score (nSPS) is 20.6. The van der Waals surface area contributed by atoms with Gasteiger partial charge in [0.25, 0.3) is 0 Å². The highest BCUT2D eigenvalue weighted by Crippen LogP contribution is 2.36. The fourth-order valence-corrected chi connectivity index (χ4v) is 4.39.